The fraction of sp³-hybridized carbons (Fsp3) is 0.250. The molecule has 3 aromatic rings. The summed E-state index contributed by atoms with van der Waals surface area (Å²) in [6.07, 6.45) is 16.4. The van der Waals surface area contributed by atoms with E-state index in [2.05, 4.69) is 49.5 Å². The van der Waals surface area contributed by atoms with E-state index in [9.17, 15) is 4.79 Å². The number of carbonyl (C=O) groups excluding carboxylic acids is 1. The lowest BCUT2D eigenvalue weighted by molar-refractivity contribution is -0.127. The molecule has 0 bridgehead atoms. The van der Waals surface area contributed by atoms with Crippen molar-refractivity contribution in [2.75, 3.05) is 13.1 Å². The van der Waals surface area contributed by atoms with Gasteiger partial charge in [0, 0.05) is 50.4 Å². The normalized spacial score (nSPS) is 18.0. The highest BCUT2D eigenvalue weighted by Crippen LogP contribution is 2.30. The highest BCUT2D eigenvalue weighted by atomic mass is 79.9. The molecule has 2 aliphatic heterocycles. The lowest BCUT2D eigenvalue weighted by atomic mass is 9.89. The Kier molecular flexibility index (Phi) is 7.23. The summed E-state index contributed by atoms with van der Waals surface area (Å²) in [5.74, 6) is 1.30. The average molecular weight is 530 g/mol. The number of likely N-dealkylation sites (tertiary alicyclic amines) is 1. The number of aromatic nitrogens is 3. The number of halogens is 1. The van der Waals surface area contributed by atoms with Gasteiger partial charge >= 0.3 is 0 Å². The van der Waals surface area contributed by atoms with Gasteiger partial charge in [-0.3, -0.25) is 9.78 Å². The maximum absolute atomic E-state index is 12.9. The van der Waals surface area contributed by atoms with Crippen LogP contribution in [0.15, 0.2) is 89.3 Å². The summed E-state index contributed by atoms with van der Waals surface area (Å²) in [6, 6.07) is 14.0. The van der Waals surface area contributed by atoms with E-state index < -0.39 is 0 Å². The van der Waals surface area contributed by atoms with Gasteiger partial charge in [0.15, 0.2) is 0 Å². The number of nitrogens with zero attached hydrogens (tertiary/aromatic N) is 4. The SMILES string of the molecule is O=C(/C=C/c1ccccc1)N1CCCC(C2=CCc3c(Br)cnn3C(NCc3cccnc3)=C2)C1. The molecule has 1 amide bonds. The number of benzene rings is 1. The molecular formula is C28H28BrN5O. The highest BCUT2D eigenvalue weighted by Gasteiger charge is 2.26. The summed E-state index contributed by atoms with van der Waals surface area (Å²) >= 11 is 3.65. The van der Waals surface area contributed by atoms with Crippen molar-refractivity contribution >= 4 is 33.7 Å². The van der Waals surface area contributed by atoms with Crippen molar-refractivity contribution in [3.8, 4) is 0 Å². The molecule has 1 N–H and O–H groups in total. The van der Waals surface area contributed by atoms with E-state index in [0.717, 1.165) is 59.5 Å². The van der Waals surface area contributed by atoms with Gasteiger partial charge in [0.1, 0.15) is 5.82 Å². The lowest BCUT2D eigenvalue weighted by Gasteiger charge is -2.33. The molecule has 2 aliphatic rings. The van der Waals surface area contributed by atoms with Crippen LogP contribution in [0.2, 0.25) is 0 Å². The molecule has 1 aromatic carbocycles. The second kappa shape index (κ2) is 10.9. The van der Waals surface area contributed by atoms with E-state index in [1.807, 2.05) is 64.4 Å². The van der Waals surface area contributed by atoms with Crippen LogP contribution < -0.4 is 5.32 Å². The molecule has 178 valence electrons. The Labute approximate surface area is 214 Å². The lowest BCUT2D eigenvalue weighted by Crippen LogP contribution is -2.39. The number of nitrogens with one attached hydrogen (secondary N) is 1. The summed E-state index contributed by atoms with van der Waals surface area (Å²) in [7, 11) is 0. The maximum atomic E-state index is 12.9. The first kappa shape index (κ1) is 23.3. The molecule has 1 saturated heterocycles. The first-order chi connectivity index (χ1) is 17.2. The number of hydrogen-bond donors (Lipinski definition) is 1. The van der Waals surface area contributed by atoms with Crippen molar-refractivity contribution in [2.45, 2.75) is 25.8 Å². The maximum Gasteiger partial charge on any atom is 0.246 e. The van der Waals surface area contributed by atoms with Crippen molar-refractivity contribution in [1.82, 2.24) is 25.0 Å². The number of carbonyl (C=O) groups is 1. The van der Waals surface area contributed by atoms with Crippen LogP contribution in [0.4, 0.5) is 0 Å². The molecular weight excluding hydrogens is 502 g/mol. The third-order valence-corrected chi connectivity index (χ3v) is 7.16. The number of rotatable bonds is 6. The van der Waals surface area contributed by atoms with Gasteiger partial charge in [0.05, 0.1) is 16.4 Å². The number of amides is 1. The Balaban J connectivity index is 1.33. The number of allylic oxidation sites excluding steroid dienone is 2. The van der Waals surface area contributed by atoms with Gasteiger partial charge in [0.2, 0.25) is 5.91 Å². The van der Waals surface area contributed by atoms with E-state index in [1.54, 1.807) is 12.3 Å². The third kappa shape index (κ3) is 5.62. The predicted molar refractivity (Wildman–Crippen MR) is 142 cm³/mol. The Hall–Kier alpha value is -3.45. The molecule has 2 aromatic heterocycles. The summed E-state index contributed by atoms with van der Waals surface area (Å²) < 4.78 is 2.97. The number of hydrogen-bond acceptors (Lipinski definition) is 4. The van der Waals surface area contributed by atoms with Gasteiger partial charge in [-0.05, 0) is 63.7 Å². The van der Waals surface area contributed by atoms with Crippen LogP contribution in [0.5, 0.6) is 0 Å². The second-order valence-corrected chi connectivity index (χ2v) is 9.73. The quantitative estimate of drug-likeness (QED) is 0.453. The van der Waals surface area contributed by atoms with Crippen LogP contribution in [-0.2, 0) is 17.8 Å². The minimum absolute atomic E-state index is 0.0716. The van der Waals surface area contributed by atoms with Crippen molar-refractivity contribution < 1.29 is 4.79 Å². The molecule has 0 saturated carbocycles. The second-order valence-electron chi connectivity index (χ2n) is 8.87. The average Bonchev–Trinajstić information content (AvgIpc) is 3.17. The fourth-order valence-electron chi connectivity index (χ4n) is 4.63. The standard InChI is InChI=1S/C28H28BrN5O/c29-25-19-32-34-26(25)12-11-23(16-27(34)31-18-22-8-4-14-30-17-22)24-9-5-15-33(20-24)28(35)13-10-21-6-2-1-3-7-21/h1-4,6-8,10-11,13-14,16-17,19,24,31H,5,9,12,15,18,20H2/b13-10+. The topological polar surface area (TPSA) is 63.1 Å². The van der Waals surface area contributed by atoms with Crippen LogP contribution in [0.25, 0.3) is 11.9 Å². The summed E-state index contributed by atoms with van der Waals surface area (Å²) in [5, 5.41) is 8.16. The zero-order chi connectivity index (χ0) is 24.0. The van der Waals surface area contributed by atoms with Gasteiger partial charge in [-0.2, -0.15) is 5.10 Å². The minimum Gasteiger partial charge on any atom is -0.366 e. The molecule has 1 atom stereocenters. The van der Waals surface area contributed by atoms with Crippen molar-refractivity contribution in [3.05, 3.63) is 106 Å². The molecule has 6 nitrogen and oxygen atoms in total. The van der Waals surface area contributed by atoms with Gasteiger partial charge in [-0.1, -0.05) is 42.5 Å². The van der Waals surface area contributed by atoms with Crippen LogP contribution in [0.1, 0.15) is 29.7 Å². The van der Waals surface area contributed by atoms with Crippen LogP contribution in [0.3, 0.4) is 0 Å². The zero-order valence-corrected chi connectivity index (χ0v) is 21.1. The molecule has 1 fully saturated rings. The van der Waals surface area contributed by atoms with E-state index in [-0.39, 0.29) is 11.8 Å². The largest absolute Gasteiger partial charge is 0.366 e. The van der Waals surface area contributed by atoms with E-state index in [4.69, 9.17) is 0 Å². The van der Waals surface area contributed by atoms with Crippen LogP contribution >= 0.6 is 15.9 Å². The first-order valence-corrected chi connectivity index (χ1v) is 12.8. The fourth-order valence-corrected chi connectivity index (χ4v) is 5.05. The van der Waals surface area contributed by atoms with Crippen molar-refractivity contribution in [2.24, 2.45) is 5.92 Å². The van der Waals surface area contributed by atoms with Crippen molar-refractivity contribution in [3.63, 3.8) is 0 Å². The molecule has 7 heteroatoms. The van der Waals surface area contributed by atoms with Gasteiger partial charge < -0.3 is 10.2 Å². The Morgan fingerprint density at radius 2 is 2.06 bits per heavy atom. The molecule has 35 heavy (non-hydrogen) atoms. The van der Waals surface area contributed by atoms with Gasteiger partial charge in [0.25, 0.3) is 0 Å². The Morgan fingerprint density at radius 1 is 1.17 bits per heavy atom. The summed E-state index contributed by atoms with van der Waals surface area (Å²) in [5.41, 5.74) is 4.50. The molecule has 0 spiro atoms. The van der Waals surface area contributed by atoms with E-state index in [1.165, 1.54) is 5.57 Å². The molecule has 4 heterocycles. The van der Waals surface area contributed by atoms with Gasteiger partial charge in [-0.25, -0.2) is 4.68 Å². The van der Waals surface area contributed by atoms with E-state index in [0.29, 0.717) is 6.54 Å². The zero-order valence-electron chi connectivity index (χ0n) is 19.5. The van der Waals surface area contributed by atoms with E-state index >= 15 is 0 Å². The molecule has 5 rings (SSSR count). The van der Waals surface area contributed by atoms with Crippen LogP contribution in [-0.4, -0.2) is 38.7 Å². The minimum atomic E-state index is 0.0716. The van der Waals surface area contributed by atoms with Crippen LogP contribution in [0, 0.1) is 5.92 Å². The van der Waals surface area contributed by atoms with Gasteiger partial charge in [-0.15, -0.1) is 0 Å². The molecule has 1 unspecified atom stereocenters. The Morgan fingerprint density at radius 3 is 2.89 bits per heavy atom. The molecule has 0 radical (unpaired) electrons. The smallest absolute Gasteiger partial charge is 0.246 e. The predicted octanol–water partition coefficient (Wildman–Crippen LogP) is 5.06. The summed E-state index contributed by atoms with van der Waals surface area (Å²) in [6.45, 7) is 2.17. The third-order valence-electron chi connectivity index (χ3n) is 6.50. The van der Waals surface area contributed by atoms with Crippen molar-refractivity contribution in [1.29, 1.82) is 0 Å². The molecule has 0 aliphatic carbocycles. The number of fused-ring (bicyclic) bond motifs is 1. The first-order valence-electron chi connectivity index (χ1n) is 12.0. The highest BCUT2D eigenvalue weighted by molar-refractivity contribution is 9.10. The number of pyridine rings is 1. The Bertz CT molecular complexity index is 1260. The monoisotopic (exact) mass is 529 g/mol. The number of piperidine rings is 1. The summed E-state index contributed by atoms with van der Waals surface area (Å²) in [4.78, 5) is 19.1.